The molecular weight excluding hydrogens is 273 g/mol. The number of nitrogens with zero attached hydrogens (tertiary/aromatic N) is 3. The van der Waals surface area contributed by atoms with Crippen molar-refractivity contribution in [3.05, 3.63) is 24.7 Å². The van der Waals surface area contributed by atoms with Gasteiger partial charge < -0.3 is 10.5 Å². The zero-order chi connectivity index (χ0) is 14.3. The third-order valence-electron chi connectivity index (χ3n) is 2.95. The van der Waals surface area contributed by atoms with Gasteiger partial charge in [0, 0.05) is 29.6 Å². The van der Waals surface area contributed by atoms with Gasteiger partial charge in [0.15, 0.2) is 0 Å². The number of nitrogens with two attached hydrogens (primary N) is 1. The molecule has 2 heterocycles. The molecule has 0 aromatic carbocycles. The molecule has 106 valence electrons. The Morgan fingerprint density at radius 1 is 1.30 bits per heavy atom. The first kappa shape index (κ1) is 12.8. The number of aromatic nitrogens is 3. The van der Waals surface area contributed by atoms with Crippen molar-refractivity contribution in [3.8, 4) is 16.9 Å². The number of halogens is 3. The van der Waals surface area contributed by atoms with E-state index in [2.05, 4.69) is 14.8 Å². The Bertz CT molecular complexity index is 634. The lowest BCUT2D eigenvalue weighted by Gasteiger charge is -2.12. The predicted molar refractivity (Wildman–Crippen MR) is 64.8 cm³/mol. The monoisotopic (exact) mass is 284 g/mol. The summed E-state index contributed by atoms with van der Waals surface area (Å²) >= 11 is 0. The molecule has 0 radical (unpaired) electrons. The van der Waals surface area contributed by atoms with E-state index in [4.69, 9.17) is 5.73 Å². The van der Waals surface area contributed by atoms with E-state index >= 15 is 0 Å². The molecule has 0 saturated heterocycles. The quantitative estimate of drug-likeness (QED) is 0.941. The minimum atomic E-state index is -4.78. The van der Waals surface area contributed by atoms with Crippen molar-refractivity contribution in [2.75, 3.05) is 5.73 Å². The second-order valence-electron chi connectivity index (χ2n) is 4.59. The van der Waals surface area contributed by atoms with Gasteiger partial charge in [-0.3, -0.25) is 4.68 Å². The maximum atomic E-state index is 12.4. The molecule has 0 spiro atoms. The lowest BCUT2D eigenvalue weighted by molar-refractivity contribution is -0.274. The van der Waals surface area contributed by atoms with Crippen molar-refractivity contribution in [1.29, 1.82) is 0 Å². The molecule has 1 fully saturated rings. The summed E-state index contributed by atoms with van der Waals surface area (Å²) in [5.41, 5.74) is 6.14. The maximum absolute atomic E-state index is 12.4. The Hall–Kier alpha value is -2.25. The summed E-state index contributed by atoms with van der Waals surface area (Å²) < 4.78 is 43.0. The van der Waals surface area contributed by atoms with Crippen LogP contribution in [0.3, 0.4) is 0 Å². The molecule has 1 aliphatic carbocycles. The van der Waals surface area contributed by atoms with Gasteiger partial charge in [-0.15, -0.1) is 13.2 Å². The SMILES string of the molecule is Nc1cc(OC(F)(F)F)c(-c2cnn(C3CC3)c2)cn1. The average molecular weight is 284 g/mol. The van der Waals surface area contributed by atoms with Gasteiger partial charge in [-0.2, -0.15) is 5.10 Å². The van der Waals surface area contributed by atoms with Crippen LogP contribution in [0.5, 0.6) is 5.75 Å². The fourth-order valence-electron chi connectivity index (χ4n) is 1.89. The average Bonchev–Trinajstić information content (AvgIpc) is 3.07. The van der Waals surface area contributed by atoms with Crippen LogP contribution in [0.2, 0.25) is 0 Å². The molecule has 3 rings (SSSR count). The highest BCUT2D eigenvalue weighted by molar-refractivity contribution is 5.70. The Kier molecular flexibility index (Phi) is 2.81. The van der Waals surface area contributed by atoms with E-state index in [1.807, 2.05) is 0 Å². The summed E-state index contributed by atoms with van der Waals surface area (Å²) in [6, 6.07) is 1.40. The Morgan fingerprint density at radius 2 is 2.05 bits per heavy atom. The number of rotatable bonds is 3. The van der Waals surface area contributed by atoms with Crippen LogP contribution < -0.4 is 10.5 Å². The zero-order valence-electron chi connectivity index (χ0n) is 10.3. The third kappa shape index (κ3) is 2.68. The molecule has 2 aromatic heterocycles. The second kappa shape index (κ2) is 4.39. The molecule has 1 saturated carbocycles. The molecule has 2 aromatic rings. The highest BCUT2D eigenvalue weighted by atomic mass is 19.4. The first-order valence-corrected chi connectivity index (χ1v) is 5.98. The van der Waals surface area contributed by atoms with Crippen molar-refractivity contribution >= 4 is 5.82 Å². The lowest BCUT2D eigenvalue weighted by Crippen LogP contribution is -2.18. The number of anilines is 1. The molecule has 20 heavy (non-hydrogen) atoms. The fraction of sp³-hybridized carbons (Fsp3) is 0.333. The smallest absolute Gasteiger partial charge is 0.405 e. The molecular formula is C12H11F3N4O. The lowest BCUT2D eigenvalue weighted by atomic mass is 10.1. The van der Waals surface area contributed by atoms with E-state index in [0.717, 1.165) is 18.9 Å². The minimum absolute atomic E-state index is 0.0393. The van der Waals surface area contributed by atoms with Crippen molar-refractivity contribution in [3.63, 3.8) is 0 Å². The highest BCUT2D eigenvalue weighted by Gasteiger charge is 2.33. The largest absolute Gasteiger partial charge is 0.573 e. The fourth-order valence-corrected chi connectivity index (χ4v) is 1.89. The zero-order valence-corrected chi connectivity index (χ0v) is 10.3. The third-order valence-corrected chi connectivity index (χ3v) is 2.95. The highest BCUT2D eigenvalue weighted by Crippen LogP contribution is 2.38. The van der Waals surface area contributed by atoms with Gasteiger partial charge >= 0.3 is 6.36 Å². The van der Waals surface area contributed by atoms with Crippen LogP contribution in [-0.2, 0) is 0 Å². The van der Waals surface area contributed by atoms with Crippen LogP contribution in [-0.4, -0.2) is 21.1 Å². The number of hydrogen-bond donors (Lipinski definition) is 1. The van der Waals surface area contributed by atoms with Crippen LogP contribution in [0.4, 0.5) is 19.0 Å². The summed E-state index contributed by atoms with van der Waals surface area (Å²) in [5, 5.41) is 4.14. The normalized spacial score (nSPS) is 15.3. The molecule has 0 bridgehead atoms. The van der Waals surface area contributed by atoms with E-state index in [1.165, 1.54) is 12.4 Å². The van der Waals surface area contributed by atoms with Crippen LogP contribution in [0, 0.1) is 0 Å². The first-order valence-electron chi connectivity index (χ1n) is 5.98. The van der Waals surface area contributed by atoms with Crippen LogP contribution in [0.25, 0.3) is 11.1 Å². The first-order chi connectivity index (χ1) is 9.42. The van der Waals surface area contributed by atoms with E-state index < -0.39 is 6.36 Å². The summed E-state index contributed by atoms with van der Waals surface area (Å²) in [6.07, 6.45) is 1.72. The number of alkyl halides is 3. The topological polar surface area (TPSA) is 66.0 Å². The van der Waals surface area contributed by atoms with E-state index in [0.29, 0.717) is 11.6 Å². The molecule has 5 nitrogen and oxygen atoms in total. The number of hydrogen-bond acceptors (Lipinski definition) is 4. The summed E-state index contributed by atoms with van der Waals surface area (Å²) in [6.45, 7) is 0. The summed E-state index contributed by atoms with van der Waals surface area (Å²) in [5.74, 6) is -0.414. The molecule has 2 N–H and O–H groups in total. The number of ether oxygens (including phenoxy) is 1. The summed E-state index contributed by atoms with van der Waals surface area (Å²) in [7, 11) is 0. The van der Waals surface area contributed by atoms with Crippen molar-refractivity contribution in [2.45, 2.75) is 25.2 Å². The standard InChI is InChI=1S/C12H11F3N4O/c13-12(14,15)20-10-3-11(16)17-5-9(10)7-4-18-19(6-7)8-1-2-8/h3-6,8H,1-2H2,(H2,16,17). The number of nitrogen functional groups attached to an aromatic ring is 1. The summed E-state index contributed by atoms with van der Waals surface area (Å²) in [4.78, 5) is 3.81. The van der Waals surface area contributed by atoms with Gasteiger partial charge in [-0.05, 0) is 12.8 Å². The Balaban J connectivity index is 1.98. The molecule has 0 unspecified atom stereocenters. The predicted octanol–water partition coefficient (Wildman–Crippen LogP) is 2.76. The maximum Gasteiger partial charge on any atom is 0.573 e. The Morgan fingerprint density at radius 3 is 2.70 bits per heavy atom. The van der Waals surface area contributed by atoms with Crippen LogP contribution in [0.1, 0.15) is 18.9 Å². The van der Waals surface area contributed by atoms with Crippen molar-refractivity contribution < 1.29 is 17.9 Å². The van der Waals surface area contributed by atoms with Gasteiger partial charge in [-0.25, -0.2) is 4.98 Å². The van der Waals surface area contributed by atoms with Crippen LogP contribution >= 0.6 is 0 Å². The molecule has 0 amide bonds. The number of pyridine rings is 1. The second-order valence-corrected chi connectivity index (χ2v) is 4.59. The molecule has 8 heteroatoms. The van der Waals surface area contributed by atoms with Crippen LogP contribution in [0.15, 0.2) is 24.7 Å². The Labute approximate surface area is 112 Å². The van der Waals surface area contributed by atoms with Gasteiger partial charge in [0.05, 0.1) is 12.2 Å². The minimum Gasteiger partial charge on any atom is -0.405 e. The van der Waals surface area contributed by atoms with Gasteiger partial charge in [0.25, 0.3) is 0 Å². The van der Waals surface area contributed by atoms with E-state index in [1.54, 1.807) is 10.9 Å². The van der Waals surface area contributed by atoms with Crippen molar-refractivity contribution in [2.24, 2.45) is 0 Å². The molecule has 0 aliphatic heterocycles. The van der Waals surface area contributed by atoms with Crippen molar-refractivity contribution in [1.82, 2.24) is 14.8 Å². The van der Waals surface area contributed by atoms with Gasteiger partial charge in [0.1, 0.15) is 11.6 Å². The molecule has 0 atom stereocenters. The van der Waals surface area contributed by atoms with E-state index in [9.17, 15) is 13.2 Å². The molecule has 1 aliphatic rings. The van der Waals surface area contributed by atoms with Gasteiger partial charge in [0.2, 0.25) is 0 Å². The van der Waals surface area contributed by atoms with E-state index in [-0.39, 0.29) is 17.1 Å². The van der Waals surface area contributed by atoms with Gasteiger partial charge in [-0.1, -0.05) is 0 Å².